The van der Waals surface area contributed by atoms with Crippen LogP contribution in [0.25, 0.3) is 0 Å². The number of hydrogen-bond acceptors (Lipinski definition) is 4. The van der Waals surface area contributed by atoms with Crippen molar-refractivity contribution in [3.63, 3.8) is 0 Å². The van der Waals surface area contributed by atoms with Crippen LogP contribution in [-0.2, 0) is 16.1 Å². The van der Waals surface area contributed by atoms with Gasteiger partial charge in [0.15, 0.2) is 0 Å². The highest BCUT2D eigenvalue weighted by Gasteiger charge is 2.42. The fourth-order valence-electron chi connectivity index (χ4n) is 4.67. The number of carbonyl (C=O) groups is 1. The van der Waals surface area contributed by atoms with Crippen molar-refractivity contribution in [1.29, 1.82) is 0 Å². The monoisotopic (exact) mass is 332 g/mol. The Morgan fingerprint density at radius 1 is 1.25 bits per heavy atom. The molecular formula is C19H28N2O3. The number of likely N-dealkylation sites (tertiary alicyclic amines) is 1. The molecule has 2 saturated heterocycles. The predicted molar refractivity (Wildman–Crippen MR) is 90.3 cm³/mol. The molecule has 0 spiro atoms. The lowest BCUT2D eigenvalue weighted by molar-refractivity contribution is -0.142. The minimum atomic E-state index is 0.108. The number of rotatable bonds is 4. The molecule has 4 rings (SSSR count). The van der Waals surface area contributed by atoms with Crippen molar-refractivity contribution in [2.75, 3.05) is 19.7 Å². The summed E-state index contributed by atoms with van der Waals surface area (Å²) < 4.78 is 11.2. The summed E-state index contributed by atoms with van der Waals surface area (Å²) in [5.41, 5.74) is 1.21. The van der Waals surface area contributed by atoms with Gasteiger partial charge in [-0.2, -0.15) is 0 Å². The Balaban J connectivity index is 1.39. The molecule has 1 aromatic heterocycles. The van der Waals surface area contributed by atoms with Crippen molar-refractivity contribution in [3.8, 4) is 0 Å². The van der Waals surface area contributed by atoms with E-state index in [1.54, 1.807) is 6.26 Å². The van der Waals surface area contributed by atoms with Gasteiger partial charge in [0.05, 0.1) is 18.6 Å². The summed E-state index contributed by atoms with van der Waals surface area (Å²) in [4.78, 5) is 15.3. The molecular weight excluding hydrogens is 304 g/mol. The van der Waals surface area contributed by atoms with Crippen molar-refractivity contribution in [1.82, 2.24) is 10.2 Å². The molecule has 0 radical (unpaired) electrons. The van der Waals surface area contributed by atoms with Crippen LogP contribution in [0, 0.1) is 11.8 Å². The molecule has 5 heteroatoms. The van der Waals surface area contributed by atoms with E-state index in [4.69, 9.17) is 9.15 Å². The Labute approximate surface area is 143 Å². The van der Waals surface area contributed by atoms with Gasteiger partial charge in [-0.05, 0) is 31.7 Å². The lowest BCUT2D eigenvalue weighted by Gasteiger charge is -2.44. The number of ether oxygens (including phenoxy) is 1. The molecule has 1 N–H and O–H groups in total. The standard InChI is InChI=1S/C19H28N2O3/c22-19(20-15-3-1-2-4-15)16-7-10-24-18-5-8-21(12-17(16)18)11-14-6-9-23-13-14/h6,9,13,15-18H,1-5,7-8,10-12H2,(H,20,22)/t16-,17+,18-/m0/s1. The Hall–Kier alpha value is -1.33. The summed E-state index contributed by atoms with van der Waals surface area (Å²) in [6, 6.07) is 2.43. The first-order chi connectivity index (χ1) is 11.8. The molecule has 3 heterocycles. The molecule has 2 aliphatic heterocycles. The SMILES string of the molecule is O=C(NC1CCCC1)[C@H]1CCO[C@H]2CCN(Cc3ccoc3)C[C@@H]21. The van der Waals surface area contributed by atoms with Gasteiger partial charge in [0, 0.05) is 49.7 Å². The van der Waals surface area contributed by atoms with E-state index in [9.17, 15) is 4.79 Å². The van der Waals surface area contributed by atoms with Crippen molar-refractivity contribution in [2.24, 2.45) is 11.8 Å². The van der Waals surface area contributed by atoms with Crippen LogP contribution in [0.3, 0.4) is 0 Å². The van der Waals surface area contributed by atoms with E-state index < -0.39 is 0 Å². The number of piperidine rings is 1. The lowest BCUT2D eigenvalue weighted by atomic mass is 9.78. The highest BCUT2D eigenvalue weighted by Crippen LogP contribution is 2.34. The van der Waals surface area contributed by atoms with E-state index >= 15 is 0 Å². The second-order valence-electron chi connectivity index (χ2n) is 7.61. The number of amides is 1. The molecule has 0 unspecified atom stereocenters. The molecule has 0 bridgehead atoms. The van der Waals surface area contributed by atoms with Gasteiger partial charge in [-0.25, -0.2) is 0 Å². The Bertz CT molecular complexity index is 539. The summed E-state index contributed by atoms with van der Waals surface area (Å²) in [6.45, 7) is 3.60. The second kappa shape index (κ2) is 7.28. The molecule has 3 fully saturated rings. The average Bonchev–Trinajstić information content (AvgIpc) is 3.28. The molecule has 3 atom stereocenters. The molecule has 24 heavy (non-hydrogen) atoms. The molecule has 1 aliphatic carbocycles. The van der Waals surface area contributed by atoms with Crippen molar-refractivity contribution < 1.29 is 13.9 Å². The number of nitrogens with one attached hydrogen (secondary N) is 1. The van der Waals surface area contributed by atoms with Crippen LogP contribution >= 0.6 is 0 Å². The van der Waals surface area contributed by atoms with E-state index in [-0.39, 0.29) is 17.9 Å². The minimum Gasteiger partial charge on any atom is -0.472 e. The minimum absolute atomic E-state index is 0.108. The third-order valence-electron chi connectivity index (χ3n) is 5.98. The summed E-state index contributed by atoms with van der Waals surface area (Å²) >= 11 is 0. The molecule has 1 saturated carbocycles. The zero-order valence-corrected chi connectivity index (χ0v) is 14.3. The molecule has 0 aromatic carbocycles. The predicted octanol–water partition coefficient (Wildman–Crippen LogP) is 2.57. The van der Waals surface area contributed by atoms with Gasteiger partial charge in [0.1, 0.15) is 0 Å². The maximum absolute atomic E-state index is 12.8. The topological polar surface area (TPSA) is 54.7 Å². The number of nitrogens with zero attached hydrogens (tertiary/aromatic N) is 1. The first-order valence-electron chi connectivity index (χ1n) is 9.45. The van der Waals surface area contributed by atoms with Gasteiger partial charge in [-0.15, -0.1) is 0 Å². The third kappa shape index (κ3) is 3.52. The largest absolute Gasteiger partial charge is 0.472 e. The third-order valence-corrected chi connectivity index (χ3v) is 5.98. The van der Waals surface area contributed by atoms with E-state index in [0.717, 1.165) is 51.9 Å². The number of furan rings is 1. The van der Waals surface area contributed by atoms with Crippen LogP contribution in [0.4, 0.5) is 0 Å². The normalized spacial score (nSPS) is 31.8. The van der Waals surface area contributed by atoms with Crippen molar-refractivity contribution in [3.05, 3.63) is 24.2 Å². The summed E-state index contributed by atoms with van der Waals surface area (Å²) in [5, 5.41) is 3.31. The quantitative estimate of drug-likeness (QED) is 0.921. The lowest BCUT2D eigenvalue weighted by Crippen LogP contribution is -2.53. The van der Waals surface area contributed by atoms with Crippen LogP contribution in [0.1, 0.15) is 44.1 Å². The summed E-state index contributed by atoms with van der Waals surface area (Å²) in [5.74, 6) is 0.697. The van der Waals surface area contributed by atoms with Gasteiger partial charge in [-0.3, -0.25) is 9.69 Å². The van der Waals surface area contributed by atoms with Gasteiger partial charge in [0.25, 0.3) is 0 Å². The van der Waals surface area contributed by atoms with Crippen LogP contribution in [-0.4, -0.2) is 42.6 Å². The van der Waals surface area contributed by atoms with E-state index in [2.05, 4.69) is 10.2 Å². The van der Waals surface area contributed by atoms with Crippen molar-refractivity contribution >= 4 is 5.91 Å². The highest BCUT2D eigenvalue weighted by atomic mass is 16.5. The fraction of sp³-hybridized carbons (Fsp3) is 0.737. The van der Waals surface area contributed by atoms with Crippen LogP contribution < -0.4 is 5.32 Å². The number of carbonyl (C=O) groups excluding carboxylic acids is 1. The Kier molecular flexibility index (Phi) is 4.90. The zero-order chi connectivity index (χ0) is 16.4. The molecule has 132 valence electrons. The first-order valence-corrected chi connectivity index (χ1v) is 9.45. The molecule has 1 amide bonds. The van der Waals surface area contributed by atoms with E-state index in [1.807, 2.05) is 12.3 Å². The van der Waals surface area contributed by atoms with E-state index in [0.29, 0.717) is 12.0 Å². The second-order valence-corrected chi connectivity index (χ2v) is 7.61. The molecule has 5 nitrogen and oxygen atoms in total. The molecule has 1 aromatic rings. The fourth-order valence-corrected chi connectivity index (χ4v) is 4.67. The Morgan fingerprint density at radius 2 is 2.12 bits per heavy atom. The maximum atomic E-state index is 12.8. The Morgan fingerprint density at radius 3 is 2.92 bits per heavy atom. The first kappa shape index (κ1) is 16.2. The zero-order valence-electron chi connectivity index (χ0n) is 14.3. The summed E-state index contributed by atoms with van der Waals surface area (Å²) in [6.07, 6.45) is 10.5. The van der Waals surface area contributed by atoms with Gasteiger partial charge in [0.2, 0.25) is 5.91 Å². The number of fused-ring (bicyclic) bond motifs is 1. The van der Waals surface area contributed by atoms with Crippen molar-refractivity contribution in [2.45, 2.75) is 57.2 Å². The van der Waals surface area contributed by atoms with Gasteiger partial charge in [-0.1, -0.05) is 12.8 Å². The van der Waals surface area contributed by atoms with Crippen LogP contribution in [0.5, 0.6) is 0 Å². The van der Waals surface area contributed by atoms with Crippen LogP contribution in [0.15, 0.2) is 23.0 Å². The van der Waals surface area contributed by atoms with Crippen LogP contribution in [0.2, 0.25) is 0 Å². The van der Waals surface area contributed by atoms with Gasteiger partial charge >= 0.3 is 0 Å². The molecule has 3 aliphatic rings. The average molecular weight is 332 g/mol. The number of hydrogen-bond donors (Lipinski definition) is 1. The smallest absolute Gasteiger partial charge is 0.223 e. The van der Waals surface area contributed by atoms with Gasteiger partial charge < -0.3 is 14.5 Å². The maximum Gasteiger partial charge on any atom is 0.223 e. The highest BCUT2D eigenvalue weighted by molar-refractivity contribution is 5.79. The van der Waals surface area contributed by atoms with E-state index in [1.165, 1.54) is 18.4 Å². The summed E-state index contributed by atoms with van der Waals surface area (Å²) in [7, 11) is 0.